The minimum atomic E-state index is -1.17. The van der Waals surface area contributed by atoms with Crippen molar-refractivity contribution in [3.05, 3.63) is 35.9 Å². The number of imide groups is 1. The van der Waals surface area contributed by atoms with Crippen molar-refractivity contribution in [1.82, 2.24) is 15.5 Å². The van der Waals surface area contributed by atoms with Crippen molar-refractivity contribution < 1.29 is 28.7 Å². The summed E-state index contributed by atoms with van der Waals surface area (Å²) in [5, 5.41) is 5.08. The van der Waals surface area contributed by atoms with Gasteiger partial charge in [0.25, 0.3) is 5.91 Å². The maximum atomic E-state index is 13.0. The third-order valence-electron chi connectivity index (χ3n) is 5.13. The number of rotatable bonds is 9. The van der Waals surface area contributed by atoms with Crippen LogP contribution in [0.3, 0.4) is 0 Å². The lowest BCUT2D eigenvalue weighted by Crippen LogP contribution is -2.54. The maximum Gasteiger partial charge on any atom is 0.408 e. The first-order valence-corrected chi connectivity index (χ1v) is 11.3. The van der Waals surface area contributed by atoms with Gasteiger partial charge in [0.05, 0.1) is 6.42 Å². The minimum Gasteiger partial charge on any atom is -0.444 e. The van der Waals surface area contributed by atoms with E-state index in [4.69, 9.17) is 10.5 Å². The second-order valence-corrected chi connectivity index (χ2v) is 9.80. The Hall–Kier alpha value is -3.43. The lowest BCUT2D eigenvalue weighted by molar-refractivity contribution is -0.146. The predicted molar refractivity (Wildman–Crippen MR) is 124 cm³/mol. The molecule has 1 aliphatic heterocycles. The Labute approximate surface area is 199 Å². The highest BCUT2D eigenvalue weighted by molar-refractivity contribution is 6.09. The van der Waals surface area contributed by atoms with Crippen LogP contribution in [0.25, 0.3) is 0 Å². The van der Waals surface area contributed by atoms with Crippen LogP contribution in [0.1, 0.15) is 53.0 Å². The number of ether oxygens (including phenoxy) is 1. The number of primary amides is 1. The van der Waals surface area contributed by atoms with Crippen LogP contribution in [-0.2, 0) is 30.3 Å². The molecule has 0 aromatic heterocycles. The molecule has 1 aliphatic rings. The van der Waals surface area contributed by atoms with Crippen LogP contribution in [0.5, 0.6) is 0 Å². The number of alkyl carbamates (subject to hydrolysis) is 1. The molecule has 0 spiro atoms. The molecule has 1 heterocycles. The van der Waals surface area contributed by atoms with Gasteiger partial charge in [-0.05, 0) is 38.7 Å². The zero-order valence-corrected chi connectivity index (χ0v) is 20.3. The lowest BCUT2D eigenvalue weighted by atomic mass is 10.0. The molecule has 1 fully saturated rings. The molecule has 1 unspecified atom stereocenters. The third-order valence-corrected chi connectivity index (χ3v) is 5.13. The standard InChI is InChI=1S/C24H34N4O6/c1-14(2)11-16(27-23(33)34-24(3,4)5)21(31)26-17-13-19(29)28(22(17)32)18(20(25)30)12-15-9-7-6-8-10-15/h6-10,14,16-18H,11-13H2,1-5H3,(H2,25,30)(H,26,31)(H,27,33)/t16-,17-,18?/m0/s1. The number of benzene rings is 1. The second-order valence-electron chi connectivity index (χ2n) is 9.80. The van der Waals surface area contributed by atoms with Gasteiger partial charge in [0, 0.05) is 6.42 Å². The highest BCUT2D eigenvalue weighted by atomic mass is 16.6. The Morgan fingerprint density at radius 1 is 1.15 bits per heavy atom. The van der Waals surface area contributed by atoms with Crippen molar-refractivity contribution in [3.63, 3.8) is 0 Å². The molecule has 34 heavy (non-hydrogen) atoms. The molecule has 1 aromatic carbocycles. The van der Waals surface area contributed by atoms with Crippen LogP contribution >= 0.6 is 0 Å². The first-order chi connectivity index (χ1) is 15.8. The largest absolute Gasteiger partial charge is 0.444 e. The van der Waals surface area contributed by atoms with E-state index < -0.39 is 53.4 Å². The first-order valence-electron chi connectivity index (χ1n) is 11.3. The van der Waals surface area contributed by atoms with Gasteiger partial charge < -0.3 is 21.1 Å². The first kappa shape index (κ1) is 26.8. The number of hydrogen-bond acceptors (Lipinski definition) is 6. The molecule has 0 bridgehead atoms. The Balaban J connectivity index is 2.13. The second kappa shape index (κ2) is 11.1. The van der Waals surface area contributed by atoms with E-state index in [-0.39, 0.29) is 18.8 Å². The molecule has 0 radical (unpaired) electrons. The topological polar surface area (TPSA) is 148 Å². The van der Waals surface area contributed by atoms with E-state index in [2.05, 4.69) is 10.6 Å². The molecule has 1 aromatic rings. The van der Waals surface area contributed by atoms with Crippen molar-refractivity contribution in [3.8, 4) is 0 Å². The Kier molecular flexibility index (Phi) is 8.78. The highest BCUT2D eigenvalue weighted by Crippen LogP contribution is 2.20. The predicted octanol–water partition coefficient (Wildman–Crippen LogP) is 1.27. The Morgan fingerprint density at radius 2 is 1.76 bits per heavy atom. The van der Waals surface area contributed by atoms with Gasteiger partial charge in [-0.25, -0.2) is 4.79 Å². The normalized spacial score (nSPS) is 17.9. The number of nitrogens with one attached hydrogen (secondary N) is 2. The fourth-order valence-electron chi connectivity index (χ4n) is 3.67. The monoisotopic (exact) mass is 474 g/mol. The minimum absolute atomic E-state index is 0.0493. The maximum absolute atomic E-state index is 13.0. The van der Waals surface area contributed by atoms with Crippen molar-refractivity contribution in [1.29, 1.82) is 0 Å². The Bertz CT molecular complexity index is 925. The van der Waals surface area contributed by atoms with Crippen LogP contribution in [0, 0.1) is 5.92 Å². The molecule has 2 rings (SSSR count). The van der Waals surface area contributed by atoms with E-state index in [1.165, 1.54) is 0 Å². The van der Waals surface area contributed by atoms with E-state index in [9.17, 15) is 24.0 Å². The fraction of sp³-hybridized carbons (Fsp3) is 0.542. The van der Waals surface area contributed by atoms with Crippen LogP contribution < -0.4 is 16.4 Å². The van der Waals surface area contributed by atoms with Crippen molar-refractivity contribution in [2.45, 2.75) is 77.6 Å². The average Bonchev–Trinajstić information content (AvgIpc) is 2.97. The van der Waals surface area contributed by atoms with Crippen molar-refractivity contribution in [2.24, 2.45) is 11.7 Å². The van der Waals surface area contributed by atoms with E-state index in [1.807, 2.05) is 13.8 Å². The molecule has 3 atom stereocenters. The molecule has 5 amide bonds. The number of carbonyl (C=O) groups is 5. The summed E-state index contributed by atoms with van der Waals surface area (Å²) in [7, 11) is 0. The smallest absolute Gasteiger partial charge is 0.408 e. The van der Waals surface area contributed by atoms with E-state index >= 15 is 0 Å². The molecule has 0 saturated carbocycles. The molecular formula is C24H34N4O6. The highest BCUT2D eigenvalue weighted by Gasteiger charge is 2.45. The number of carbonyl (C=O) groups excluding carboxylic acids is 5. The molecular weight excluding hydrogens is 440 g/mol. The van der Waals surface area contributed by atoms with Gasteiger partial charge >= 0.3 is 6.09 Å². The number of hydrogen-bond donors (Lipinski definition) is 3. The molecule has 1 saturated heterocycles. The summed E-state index contributed by atoms with van der Waals surface area (Å²) in [5.74, 6) is -2.70. The van der Waals surface area contributed by atoms with Gasteiger partial charge in [-0.1, -0.05) is 44.2 Å². The Morgan fingerprint density at radius 3 is 2.29 bits per heavy atom. The zero-order chi connectivity index (χ0) is 25.6. The quantitative estimate of drug-likeness (QED) is 0.459. The number of nitrogens with zero attached hydrogens (tertiary/aromatic N) is 1. The number of likely N-dealkylation sites (tertiary alicyclic amines) is 1. The third kappa shape index (κ3) is 7.57. The van der Waals surface area contributed by atoms with E-state index in [0.717, 1.165) is 10.5 Å². The van der Waals surface area contributed by atoms with E-state index in [0.29, 0.717) is 6.42 Å². The summed E-state index contributed by atoms with van der Waals surface area (Å²) in [4.78, 5) is 63.7. The summed E-state index contributed by atoms with van der Waals surface area (Å²) < 4.78 is 5.23. The summed E-state index contributed by atoms with van der Waals surface area (Å²) in [6, 6.07) is 5.58. The van der Waals surface area contributed by atoms with Crippen LogP contribution in [0.2, 0.25) is 0 Å². The molecule has 10 heteroatoms. The fourth-order valence-corrected chi connectivity index (χ4v) is 3.67. The van der Waals surface area contributed by atoms with Gasteiger partial charge in [0.2, 0.25) is 17.7 Å². The van der Waals surface area contributed by atoms with Gasteiger partial charge in [-0.2, -0.15) is 0 Å². The van der Waals surface area contributed by atoms with Crippen LogP contribution in [0.4, 0.5) is 4.79 Å². The zero-order valence-electron chi connectivity index (χ0n) is 20.3. The molecule has 4 N–H and O–H groups in total. The summed E-state index contributed by atoms with van der Waals surface area (Å²) in [6.45, 7) is 8.86. The molecule has 10 nitrogen and oxygen atoms in total. The van der Waals surface area contributed by atoms with Gasteiger partial charge in [-0.3, -0.25) is 24.1 Å². The van der Waals surface area contributed by atoms with Gasteiger partial charge in [-0.15, -0.1) is 0 Å². The molecule has 186 valence electrons. The summed E-state index contributed by atoms with van der Waals surface area (Å²) >= 11 is 0. The molecule has 0 aliphatic carbocycles. The average molecular weight is 475 g/mol. The summed E-state index contributed by atoms with van der Waals surface area (Å²) in [5.41, 5.74) is 5.49. The van der Waals surface area contributed by atoms with Crippen LogP contribution in [-0.4, -0.2) is 58.3 Å². The van der Waals surface area contributed by atoms with Crippen molar-refractivity contribution >= 4 is 29.7 Å². The summed E-state index contributed by atoms with van der Waals surface area (Å²) in [6.07, 6.45) is -0.698. The lowest BCUT2D eigenvalue weighted by Gasteiger charge is -2.26. The van der Waals surface area contributed by atoms with Gasteiger partial charge in [0.15, 0.2) is 0 Å². The van der Waals surface area contributed by atoms with Gasteiger partial charge in [0.1, 0.15) is 23.7 Å². The number of amides is 5. The SMILES string of the molecule is CC(C)C[C@H](NC(=O)OC(C)(C)C)C(=O)N[C@H]1CC(=O)N(C(Cc2ccccc2)C(N)=O)C1=O. The van der Waals surface area contributed by atoms with Crippen LogP contribution in [0.15, 0.2) is 30.3 Å². The van der Waals surface area contributed by atoms with Crippen molar-refractivity contribution in [2.75, 3.05) is 0 Å². The number of nitrogens with two attached hydrogens (primary N) is 1. The van der Waals surface area contributed by atoms with E-state index in [1.54, 1.807) is 51.1 Å².